The first-order valence-electron chi connectivity index (χ1n) is 7.33. The number of aliphatic hydroxyl groups excluding tert-OH is 1. The second-order valence-electron chi connectivity index (χ2n) is 4.80. The zero-order valence-electron chi connectivity index (χ0n) is 14.2. The van der Waals surface area contributed by atoms with Crippen molar-refractivity contribution in [1.82, 2.24) is 0 Å². The van der Waals surface area contributed by atoms with Gasteiger partial charge >= 0.3 is 21.9 Å². The molecule has 2 aromatic carbocycles. The lowest BCUT2D eigenvalue weighted by atomic mass is 10.2. The van der Waals surface area contributed by atoms with Gasteiger partial charge in [0.25, 0.3) is 5.30 Å². The van der Waals surface area contributed by atoms with Crippen molar-refractivity contribution in [2.45, 2.75) is 5.85 Å². The molecule has 138 valence electrons. The Morgan fingerprint density at radius 3 is 2.15 bits per heavy atom. The summed E-state index contributed by atoms with van der Waals surface area (Å²) >= 11 is 0. The van der Waals surface area contributed by atoms with Crippen LogP contribution >= 0.6 is 16.1 Å². The van der Waals surface area contributed by atoms with Crippen LogP contribution in [-0.2, 0) is 9.13 Å². The molecule has 3 unspecified atom stereocenters. The number of ether oxygens (including phenoxy) is 2. The van der Waals surface area contributed by atoms with E-state index < -0.39 is 21.9 Å². The molecule has 0 aliphatic rings. The zero-order valence-corrected chi connectivity index (χ0v) is 16.0. The Labute approximate surface area is 153 Å². The van der Waals surface area contributed by atoms with Crippen LogP contribution in [0.1, 0.15) is 5.56 Å². The Morgan fingerprint density at radius 1 is 1.00 bits per heavy atom. The highest BCUT2D eigenvalue weighted by Gasteiger charge is 2.23. The van der Waals surface area contributed by atoms with Crippen LogP contribution in [0.25, 0.3) is 6.08 Å². The fourth-order valence-electron chi connectivity index (χ4n) is 1.78. The summed E-state index contributed by atoms with van der Waals surface area (Å²) in [4.78, 5) is 17.4. The minimum atomic E-state index is -2.54. The van der Waals surface area contributed by atoms with Gasteiger partial charge in [-0.3, -0.25) is 0 Å². The maximum atomic E-state index is 10.8. The van der Waals surface area contributed by atoms with Crippen molar-refractivity contribution in [1.29, 1.82) is 0 Å². The van der Waals surface area contributed by atoms with E-state index in [0.29, 0.717) is 11.5 Å². The normalized spacial score (nSPS) is 12.7. The first-order valence-corrected chi connectivity index (χ1v) is 9.83. The molecule has 0 spiro atoms. The molecule has 0 aliphatic heterocycles. The van der Waals surface area contributed by atoms with E-state index >= 15 is 0 Å². The van der Waals surface area contributed by atoms with E-state index in [-0.39, 0.29) is 5.30 Å². The van der Waals surface area contributed by atoms with Crippen molar-refractivity contribution in [2.75, 3.05) is 14.2 Å². The SMILES string of the molecule is COc1ccc([P+](=O)O)c(OC)c1.O=[P+](O)C(O)/C=C/c1ccccc1. The van der Waals surface area contributed by atoms with Crippen molar-refractivity contribution in [2.24, 2.45) is 0 Å². The predicted molar refractivity (Wildman–Crippen MR) is 100 cm³/mol. The molecule has 0 bridgehead atoms. The van der Waals surface area contributed by atoms with Crippen LogP contribution < -0.4 is 14.8 Å². The number of hydrogen-bond donors (Lipinski definition) is 3. The van der Waals surface area contributed by atoms with Gasteiger partial charge < -0.3 is 14.6 Å². The Hall–Kier alpha value is -2.14. The monoisotopic (exact) mass is 398 g/mol. The lowest BCUT2D eigenvalue weighted by Gasteiger charge is -2.02. The van der Waals surface area contributed by atoms with Gasteiger partial charge in [0.05, 0.1) is 14.2 Å². The number of methoxy groups -OCH3 is 2. The fraction of sp³-hybridized carbons (Fsp3) is 0.176. The molecule has 0 saturated carbocycles. The molecular formula is C17H20O7P2+2. The Bertz CT molecular complexity index is 763. The van der Waals surface area contributed by atoms with Crippen LogP contribution in [0.4, 0.5) is 0 Å². The highest BCUT2D eigenvalue weighted by atomic mass is 31.1. The topological polar surface area (TPSA) is 113 Å². The van der Waals surface area contributed by atoms with E-state index in [4.69, 9.17) is 24.4 Å². The van der Waals surface area contributed by atoms with Gasteiger partial charge in [0.2, 0.25) is 0 Å². The van der Waals surface area contributed by atoms with E-state index in [2.05, 4.69) is 0 Å². The molecule has 0 radical (unpaired) electrons. The number of benzene rings is 2. The molecule has 9 heteroatoms. The van der Waals surface area contributed by atoms with Crippen molar-refractivity contribution < 1.29 is 33.5 Å². The second-order valence-corrected chi connectivity index (χ2v) is 6.96. The van der Waals surface area contributed by atoms with Crippen LogP contribution in [0, 0.1) is 0 Å². The molecule has 0 amide bonds. The third kappa shape index (κ3) is 7.40. The average molecular weight is 398 g/mol. The molecule has 7 nitrogen and oxygen atoms in total. The van der Waals surface area contributed by atoms with Gasteiger partial charge in [0.1, 0.15) is 5.75 Å². The fourth-order valence-corrected chi connectivity index (χ4v) is 2.56. The summed E-state index contributed by atoms with van der Waals surface area (Å²) in [5.41, 5.74) is 0.887. The minimum Gasteiger partial charge on any atom is -0.497 e. The molecule has 0 aliphatic carbocycles. The van der Waals surface area contributed by atoms with Crippen LogP contribution in [0.3, 0.4) is 0 Å². The predicted octanol–water partition coefficient (Wildman–Crippen LogP) is 2.82. The van der Waals surface area contributed by atoms with Crippen LogP contribution in [0.15, 0.2) is 54.6 Å². The molecule has 26 heavy (non-hydrogen) atoms. The largest absolute Gasteiger partial charge is 0.550 e. The van der Waals surface area contributed by atoms with E-state index in [1.807, 2.05) is 30.3 Å². The molecule has 0 fully saturated rings. The van der Waals surface area contributed by atoms with Gasteiger partial charge in [-0.1, -0.05) is 36.4 Å². The molecule has 3 N–H and O–H groups in total. The summed E-state index contributed by atoms with van der Waals surface area (Å²) < 4.78 is 31.0. The highest BCUT2D eigenvalue weighted by molar-refractivity contribution is 7.47. The molecule has 0 heterocycles. The van der Waals surface area contributed by atoms with E-state index in [1.165, 1.54) is 26.4 Å². The van der Waals surface area contributed by atoms with Crippen LogP contribution in [0.2, 0.25) is 0 Å². The quantitative estimate of drug-likeness (QED) is 0.641. The first kappa shape index (κ1) is 21.9. The van der Waals surface area contributed by atoms with Gasteiger partial charge in [-0.15, -0.1) is 0 Å². The van der Waals surface area contributed by atoms with E-state index in [1.54, 1.807) is 18.2 Å². The Balaban J connectivity index is 0.000000260. The molecule has 0 saturated heterocycles. The Morgan fingerprint density at radius 2 is 1.65 bits per heavy atom. The highest BCUT2D eigenvalue weighted by Crippen LogP contribution is 2.25. The maximum Gasteiger partial charge on any atom is 0.550 e. The molecular weight excluding hydrogens is 378 g/mol. The average Bonchev–Trinajstić information content (AvgIpc) is 2.66. The summed E-state index contributed by atoms with van der Waals surface area (Å²) in [6, 6.07) is 14.0. The lowest BCUT2D eigenvalue weighted by Crippen LogP contribution is -2.02. The van der Waals surface area contributed by atoms with Gasteiger partial charge in [0.15, 0.2) is 5.75 Å². The van der Waals surface area contributed by atoms with Crippen molar-refractivity contribution in [3.05, 3.63) is 60.2 Å². The standard InChI is InChI=1S/C9H9O3P.C8H9O4P/c10-9(13(11)12)7-6-8-4-2-1-3-5-8;1-11-6-3-4-8(13(9)10)7(5-6)12-2/h1-7,9-10H;3-5H,1-2H3/p+2/b7-6+;. The molecule has 0 aromatic heterocycles. The summed E-state index contributed by atoms with van der Waals surface area (Å²) in [6.07, 6.45) is 2.90. The summed E-state index contributed by atoms with van der Waals surface area (Å²) in [7, 11) is -1.95. The minimum absolute atomic E-state index is 0.276. The smallest absolute Gasteiger partial charge is 0.497 e. The van der Waals surface area contributed by atoms with Gasteiger partial charge in [-0.2, -0.15) is 9.79 Å². The van der Waals surface area contributed by atoms with E-state index in [9.17, 15) is 9.13 Å². The van der Waals surface area contributed by atoms with Crippen molar-refractivity contribution in [3.8, 4) is 11.5 Å². The maximum absolute atomic E-state index is 10.8. The second kappa shape index (κ2) is 11.5. The van der Waals surface area contributed by atoms with Crippen LogP contribution in [0.5, 0.6) is 11.5 Å². The van der Waals surface area contributed by atoms with Crippen molar-refractivity contribution >= 4 is 27.4 Å². The van der Waals surface area contributed by atoms with Gasteiger partial charge in [-0.25, -0.2) is 0 Å². The number of aliphatic hydroxyl groups is 1. The zero-order chi connectivity index (χ0) is 19.5. The van der Waals surface area contributed by atoms with Gasteiger partial charge in [-0.05, 0) is 26.8 Å². The van der Waals surface area contributed by atoms with Gasteiger partial charge in [0, 0.05) is 12.1 Å². The molecule has 2 rings (SSSR count). The lowest BCUT2D eigenvalue weighted by molar-refractivity contribution is 0.282. The number of hydrogen-bond acceptors (Lipinski definition) is 5. The summed E-state index contributed by atoms with van der Waals surface area (Å²) in [5.74, 6) is -0.324. The first-order chi connectivity index (χ1) is 12.4. The Kier molecular flexibility index (Phi) is 9.66. The number of rotatable bonds is 6. The van der Waals surface area contributed by atoms with Crippen LogP contribution in [-0.4, -0.2) is 35.0 Å². The third-order valence-electron chi connectivity index (χ3n) is 3.08. The third-order valence-corrected chi connectivity index (χ3v) is 4.49. The molecule has 2 aromatic rings. The summed E-state index contributed by atoms with van der Waals surface area (Å²) in [6.45, 7) is 0. The van der Waals surface area contributed by atoms with Crippen molar-refractivity contribution in [3.63, 3.8) is 0 Å². The summed E-state index contributed by atoms with van der Waals surface area (Å²) in [5, 5.41) is 9.24. The van der Waals surface area contributed by atoms with E-state index in [0.717, 1.165) is 5.56 Å². The molecule has 3 atom stereocenters.